The fourth-order valence-electron chi connectivity index (χ4n) is 4.22. The number of unbranched alkanes of at least 4 members (excludes halogenated alkanes) is 2. The van der Waals surface area contributed by atoms with Crippen molar-refractivity contribution in [1.29, 1.82) is 0 Å². The maximum absolute atomic E-state index is 11.6. The molecule has 0 aliphatic heterocycles. The van der Waals surface area contributed by atoms with Crippen LogP contribution in [0.1, 0.15) is 66.1 Å². The number of amides is 1. The van der Waals surface area contributed by atoms with Crippen molar-refractivity contribution in [2.45, 2.75) is 77.2 Å². The van der Waals surface area contributed by atoms with Crippen LogP contribution in [0, 0.1) is 5.92 Å². The van der Waals surface area contributed by atoms with Gasteiger partial charge in [-0.1, -0.05) is 69.8 Å². The van der Waals surface area contributed by atoms with Crippen LogP contribution in [0.25, 0.3) is 11.0 Å². The summed E-state index contributed by atoms with van der Waals surface area (Å²) in [5, 5.41) is 3.14. The van der Waals surface area contributed by atoms with Gasteiger partial charge in [-0.3, -0.25) is 4.79 Å². The average Bonchev–Trinajstić information content (AvgIpc) is 3.18. The smallest absolute Gasteiger partial charge is 0.235 e. The zero-order chi connectivity index (χ0) is 25.6. The lowest BCUT2D eigenvalue weighted by molar-refractivity contribution is -0.113. The molecule has 2 aromatic carbocycles. The third kappa shape index (κ3) is 7.50. The lowest BCUT2D eigenvalue weighted by atomic mass is 9.95. The van der Waals surface area contributed by atoms with Crippen molar-refractivity contribution in [1.82, 2.24) is 9.55 Å². The van der Waals surface area contributed by atoms with E-state index in [0.717, 1.165) is 34.2 Å². The number of halogens is 1. The Balaban J connectivity index is 1.80. The number of nitrogens with one attached hydrogen (secondary N) is 1. The van der Waals surface area contributed by atoms with Gasteiger partial charge in [0.2, 0.25) is 5.91 Å². The molecule has 1 N–H and O–H groups in total. The molecule has 0 radical (unpaired) electrons. The lowest BCUT2D eigenvalue weighted by Crippen LogP contribution is -2.21. The number of imidazole rings is 1. The average molecular weight is 560 g/mol. The zero-order valence-corrected chi connectivity index (χ0v) is 24.3. The number of carbonyl (C=O) groups excluding carboxylic acids is 1. The molecule has 5 nitrogen and oxygen atoms in total. The van der Waals surface area contributed by atoms with Gasteiger partial charge >= 0.3 is 0 Å². The molecule has 0 spiro atoms. The minimum Gasteiger partial charge on any atom is -0.327 e. The summed E-state index contributed by atoms with van der Waals surface area (Å²) < 4.78 is 4.61. The Morgan fingerprint density at radius 2 is 1.89 bits per heavy atom. The van der Waals surface area contributed by atoms with Crippen LogP contribution in [0.4, 0.5) is 11.4 Å². The zero-order valence-electron chi connectivity index (χ0n) is 21.9. The summed E-state index contributed by atoms with van der Waals surface area (Å²) in [7, 11) is 2.07. The Kier molecular flexibility index (Phi) is 9.70. The Morgan fingerprint density at radius 1 is 1.17 bits per heavy atom. The van der Waals surface area contributed by atoms with Gasteiger partial charge in [0.05, 0.1) is 16.4 Å². The van der Waals surface area contributed by atoms with Crippen molar-refractivity contribution >= 4 is 56.2 Å². The molecule has 7 heteroatoms. The van der Waals surface area contributed by atoms with Crippen LogP contribution >= 0.6 is 27.9 Å². The standard InChI is InChI=1S/C28H39BrN4OS/c1-7-8-9-10-20(2)19-33-25-16-13-22(17-24(25)31-27(33)28(3,4)5)32(6)35-23-14-11-21(12-15-23)30-26(34)18-29/h11-17,20H,7-10,18-19H2,1-6H3,(H,30,34). The maximum atomic E-state index is 11.6. The van der Waals surface area contributed by atoms with E-state index in [-0.39, 0.29) is 11.3 Å². The molecule has 3 rings (SSSR count). The van der Waals surface area contributed by atoms with E-state index in [1.807, 2.05) is 24.3 Å². The second kappa shape index (κ2) is 12.3. The molecule has 0 fully saturated rings. The van der Waals surface area contributed by atoms with Gasteiger partial charge in [-0.25, -0.2) is 4.98 Å². The van der Waals surface area contributed by atoms with E-state index in [4.69, 9.17) is 4.98 Å². The van der Waals surface area contributed by atoms with Crippen molar-refractivity contribution in [2.75, 3.05) is 22.0 Å². The first kappa shape index (κ1) is 27.6. The highest BCUT2D eigenvalue weighted by Gasteiger charge is 2.24. The number of rotatable bonds is 11. The highest BCUT2D eigenvalue weighted by Crippen LogP contribution is 2.33. The maximum Gasteiger partial charge on any atom is 0.235 e. The Bertz CT molecular complexity index is 1120. The third-order valence-electron chi connectivity index (χ3n) is 6.06. The van der Waals surface area contributed by atoms with E-state index in [2.05, 4.69) is 90.0 Å². The van der Waals surface area contributed by atoms with E-state index in [1.165, 1.54) is 31.2 Å². The summed E-state index contributed by atoms with van der Waals surface area (Å²) in [6, 6.07) is 14.5. The van der Waals surface area contributed by atoms with E-state index >= 15 is 0 Å². The molecule has 0 bridgehead atoms. The lowest BCUT2D eigenvalue weighted by Gasteiger charge is -2.22. The van der Waals surface area contributed by atoms with Crippen molar-refractivity contribution in [3.8, 4) is 0 Å². The van der Waals surface area contributed by atoms with Gasteiger partial charge in [0.1, 0.15) is 5.82 Å². The number of anilines is 2. The van der Waals surface area contributed by atoms with Crippen LogP contribution in [0.3, 0.4) is 0 Å². The van der Waals surface area contributed by atoms with Crippen LogP contribution in [0.2, 0.25) is 0 Å². The molecule has 0 aliphatic rings. The second-order valence-corrected chi connectivity index (χ2v) is 12.1. The molecule has 0 saturated carbocycles. The highest BCUT2D eigenvalue weighted by molar-refractivity contribution is 9.09. The predicted molar refractivity (Wildman–Crippen MR) is 155 cm³/mol. The van der Waals surface area contributed by atoms with E-state index in [1.54, 1.807) is 11.9 Å². The van der Waals surface area contributed by atoms with Crippen LogP contribution < -0.4 is 9.62 Å². The van der Waals surface area contributed by atoms with Gasteiger partial charge in [0.15, 0.2) is 0 Å². The number of hydrogen-bond acceptors (Lipinski definition) is 4. The van der Waals surface area contributed by atoms with Crippen molar-refractivity contribution < 1.29 is 4.79 Å². The normalized spacial score (nSPS) is 12.7. The van der Waals surface area contributed by atoms with E-state index in [9.17, 15) is 4.79 Å². The van der Waals surface area contributed by atoms with Gasteiger partial charge in [-0.15, -0.1) is 0 Å². The minimum absolute atomic E-state index is 0.0189. The van der Waals surface area contributed by atoms with Gasteiger partial charge in [-0.2, -0.15) is 0 Å². The Hall–Kier alpha value is -1.99. The molecule has 0 aliphatic carbocycles. The first-order chi connectivity index (χ1) is 16.6. The summed E-state index contributed by atoms with van der Waals surface area (Å²) in [5.41, 5.74) is 4.15. The third-order valence-corrected chi connectivity index (χ3v) is 7.54. The summed E-state index contributed by atoms with van der Waals surface area (Å²) in [6.45, 7) is 12.4. The quantitative estimate of drug-likeness (QED) is 0.147. The Labute approximate surface area is 223 Å². The number of fused-ring (bicyclic) bond motifs is 1. The summed E-state index contributed by atoms with van der Waals surface area (Å²) in [6.07, 6.45) is 5.13. The van der Waals surface area contributed by atoms with Crippen LogP contribution in [-0.4, -0.2) is 27.8 Å². The SMILES string of the molecule is CCCCCC(C)Cn1c(C(C)(C)C)nc2cc(N(C)Sc3ccc(NC(=O)CBr)cc3)ccc21. The summed E-state index contributed by atoms with van der Waals surface area (Å²) >= 11 is 4.83. The topological polar surface area (TPSA) is 50.2 Å². The largest absolute Gasteiger partial charge is 0.327 e. The molecule has 1 unspecified atom stereocenters. The molecular weight excluding hydrogens is 520 g/mol. The van der Waals surface area contributed by atoms with Gasteiger partial charge in [0.25, 0.3) is 0 Å². The summed E-state index contributed by atoms with van der Waals surface area (Å²) in [5.74, 6) is 1.73. The molecule has 1 amide bonds. The van der Waals surface area contributed by atoms with E-state index < -0.39 is 0 Å². The number of aromatic nitrogens is 2. The predicted octanol–water partition coefficient (Wildman–Crippen LogP) is 8.03. The molecule has 1 atom stereocenters. The van der Waals surface area contributed by atoms with Gasteiger partial charge in [0, 0.05) is 35.3 Å². The van der Waals surface area contributed by atoms with Crippen LogP contribution in [0.15, 0.2) is 47.4 Å². The van der Waals surface area contributed by atoms with E-state index in [0.29, 0.717) is 11.2 Å². The monoisotopic (exact) mass is 558 g/mol. The van der Waals surface area contributed by atoms with Gasteiger partial charge < -0.3 is 14.2 Å². The first-order valence-corrected chi connectivity index (χ1v) is 14.4. The number of hydrogen-bond donors (Lipinski definition) is 1. The molecule has 190 valence electrons. The summed E-state index contributed by atoms with van der Waals surface area (Å²) in [4.78, 5) is 17.8. The van der Waals surface area contributed by atoms with Gasteiger partial charge in [-0.05, 0) is 66.8 Å². The molecule has 0 saturated heterocycles. The van der Waals surface area contributed by atoms with Crippen molar-refractivity contribution in [2.24, 2.45) is 5.92 Å². The Morgan fingerprint density at radius 3 is 2.51 bits per heavy atom. The number of nitrogens with zero attached hydrogens (tertiary/aromatic N) is 3. The molecular formula is C28H39BrN4OS. The minimum atomic E-state index is -0.0553. The first-order valence-electron chi connectivity index (χ1n) is 12.5. The highest BCUT2D eigenvalue weighted by atomic mass is 79.9. The molecule has 3 aromatic rings. The van der Waals surface area contributed by atoms with Crippen molar-refractivity contribution in [3.63, 3.8) is 0 Å². The number of alkyl halides is 1. The van der Waals surface area contributed by atoms with Crippen LogP contribution in [-0.2, 0) is 16.8 Å². The van der Waals surface area contributed by atoms with Crippen molar-refractivity contribution in [3.05, 3.63) is 48.3 Å². The molecule has 1 aromatic heterocycles. The second-order valence-electron chi connectivity index (χ2n) is 10.4. The molecule has 35 heavy (non-hydrogen) atoms. The van der Waals surface area contributed by atoms with Crippen LogP contribution in [0.5, 0.6) is 0 Å². The fraction of sp³-hybridized carbons (Fsp3) is 0.500. The number of carbonyl (C=O) groups is 1. The molecule has 1 heterocycles. The fourth-order valence-corrected chi connectivity index (χ4v) is 5.15. The number of benzene rings is 2.